The molecular formula is C20H20ClN2NaO3. The molecule has 7 heteroatoms. The summed E-state index contributed by atoms with van der Waals surface area (Å²) in [5.74, 6) is -0.422. The Morgan fingerprint density at radius 3 is 2.52 bits per heavy atom. The first-order valence-corrected chi connectivity index (χ1v) is 8.56. The van der Waals surface area contributed by atoms with Gasteiger partial charge in [0.25, 0.3) is 0 Å². The van der Waals surface area contributed by atoms with E-state index in [1.807, 2.05) is 43.3 Å². The van der Waals surface area contributed by atoms with Gasteiger partial charge in [0, 0.05) is 29.6 Å². The van der Waals surface area contributed by atoms with E-state index in [0.717, 1.165) is 27.7 Å². The number of rotatable bonds is 5. The van der Waals surface area contributed by atoms with Gasteiger partial charge in [0.1, 0.15) is 5.75 Å². The molecule has 0 aliphatic heterocycles. The number of hydrogen-bond acceptors (Lipinski definition) is 3. The number of ether oxygens (including phenoxy) is 1. The fourth-order valence-electron chi connectivity index (χ4n) is 3.22. The average molecular weight is 395 g/mol. The van der Waals surface area contributed by atoms with Crippen LogP contribution in [0.2, 0.25) is 5.02 Å². The summed E-state index contributed by atoms with van der Waals surface area (Å²) < 4.78 is 7.44. The van der Waals surface area contributed by atoms with Gasteiger partial charge in [-0.25, -0.2) is 0 Å². The summed E-state index contributed by atoms with van der Waals surface area (Å²) in [7, 11) is 0. The first kappa shape index (κ1) is 21.5. The van der Waals surface area contributed by atoms with E-state index >= 15 is 0 Å². The van der Waals surface area contributed by atoms with Crippen LogP contribution in [0.1, 0.15) is 23.7 Å². The fourth-order valence-corrected chi connectivity index (χ4v) is 3.44. The van der Waals surface area contributed by atoms with Crippen molar-refractivity contribution in [1.82, 2.24) is 4.57 Å². The van der Waals surface area contributed by atoms with Gasteiger partial charge in [-0.15, -0.1) is 0 Å². The van der Waals surface area contributed by atoms with Crippen molar-refractivity contribution in [2.75, 3.05) is 0 Å². The monoisotopic (exact) mass is 394 g/mol. The van der Waals surface area contributed by atoms with Gasteiger partial charge >= 0.3 is 35.5 Å². The van der Waals surface area contributed by atoms with Crippen LogP contribution in [0, 0.1) is 6.92 Å². The number of benzene rings is 2. The molecule has 2 aromatic carbocycles. The second kappa shape index (κ2) is 8.93. The average Bonchev–Trinajstić information content (AvgIpc) is 2.81. The van der Waals surface area contributed by atoms with Crippen molar-refractivity contribution < 1.29 is 14.3 Å². The number of esters is 1. The molecule has 136 valence electrons. The molecule has 0 saturated carbocycles. The normalized spacial score (nSPS) is 10.5. The molecule has 27 heavy (non-hydrogen) atoms. The molecule has 0 saturated heterocycles. The van der Waals surface area contributed by atoms with E-state index in [1.54, 1.807) is 6.07 Å². The van der Waals surface area contributed by atoms with Crippen LogP contribution in [0.15, 0.2) is 42.5 Å². The van der Waals surface area contributed by atoms with Gasteiger partial charge in [-0.1, -0.05) is 29.8 Å². The molecule has 0 unspecified atom stereocenters. The van der Waals surface area contributed by atoms with Gasteiger partial charge in [-0.3, -0.25) is 9.59 Å². The minimum atomic E-state index is -0.437. The van der Waals surface area contributed by atoms with Gasteiger partial charge in [-0.2, -0.15) is 0 Å². The number of carbonyl (C=O) groups excluding carboxylic acids is 2. The quantitative estimate of drug-likeness (QED) is 0.410. The number of fused-ring (bicyclic) bond motifs is 1. The van der Waals surface area contributed by atoms with Crippen LogP contribution in [0.3, 0.4) is 0 Å². The van der Waals surface area contributed by atoms with Crippen LogP contribution in [0.25, 0.3) is 10.9 Å². The number of aromatic nitrogens is 1. The van der Waals surface area contributed by atoms with E-state index < -0.39 is 11.9 Å². The van der Waals surface area contributed by atoms with Crippen LogP contribution < -0.4 is 10.5 Å². The van der Waals surface area contributed by atoms with Crippen molar-refractivity contribution in [2.45, 2.75) is 26.8 Å². The molecule has 0 atom stereocenters. The summed E-state index contributed by atoms with van der Waals surface area (Å²) in [6, 6.07) is 13.1. The third-order valence-corrected chi connectivity index (χ3v) is 4.51. The van der Waals surface area contributed by atoms with E-state index in [0.29, 0.717) is 17.3 Å². The van der Waals surface area contributed by atoms with Crippen molar-refractivity contribution in [3.63, 3.8) is 0 Å². The Hall–Kier alpha value is -1.79. The van der Waals surface area contributed by atoms with Crippen LogP contribution in [0.5, 0.6) is 5.75 Å². The Bertz CT molecular complexity index is 1010. The SMILES string of the molecule is CC(=O)Oc1cccc2c1c(CC(N)=O)c(C)n2Cc1cccc(Cl)c1.[NaH]. The molecule has 3 aromatic rings. The third kappa shape index (κ3) is 4.74. The van der Waals surface area contributed by atoms with Crippen molar-refractivity contribution in [3.8, 4) is 5.75 Å². The molecule has 1 heterocycles. The molecule has 0 aliphatic carbocycles. The molecule has 2 N–H and O–H groups in total. The first-order valence-electron chi connectivity index (χ1n) is 8.18. The van der Waals surface area contributed by atoms with E-state index in [-0.39, 0.29) is 36.0 Å². The Balaban J connectivity index is 0.00000261. The predicted molar refractivity (Wildman–Crippen MR) is 109 cm³/mol. The van der Waals surface area contributed by atoms with Gasteiger partial charge in [0.15, 0.2) is 0 Å². The molecule has 0 bridgehead atoms. The molecule has 0 radical (unpaired) electrons. The number of carbonyl (C=O) groups is 2. The molecule has 1 aromatic heterocycles. The minimum absolute atomic E-state index is 0. The zero-order valence-electron chi connectivity index (χ0n) is 14.6. The van der Waals surface area contributed by atoms with E-state index in [4.69, 9.17) is 22.1 Å². The summed E-state index contributed by atoms with van der Waals surface area (Å²) in [5.41, 5.74) is 9.02. The predicted octanol–water partition coefficient (Wildman–Crippen LogP) is 2.96. The van der Waals surface area contributed by atoms with Crippen molar-refractivity contribution in [1.29, 1.82) is 0 Å². The number of nitrogens with zero attached hydrogens (tertiary/aromatic N) is 1. The molecule has 0 spiro atoms. The zero-order valence-corrected chi connectivity index (χ0v) is 15.3. The third-order valence-electron chi connectivity index (χ3n) is 4.27. The van der Waals surface area contributed by atoms with Gasteiger partial charge < -0.3 is 15.0 Å². The Morgan fingerprint density at radius 2 is 1.89 bits per heavy atom. The van der Waals surface area contributed by atoms with Crippen molar-refractivity contribution in [2.24, 2.45) is 5.73 Å². The molecule has 5 nitrogen and oxygen atoms in total. The topological polar surface area (TPSA) is 74.3 Å². The fraction of sp³-hybridized carbons (Fsp3) is 0.200. The Labute approximate surface area is 184 Å². The molecule has 0 fully saturated rings. The number of primary amides is 1. The maximum atomic E-state index is 11.6. The van der Waals surface area contributed by atoms with E-state index in [2.05, 4.69) is 4.57 Å². The zero-order chi connectivity index (χ0) is 18.8. The number of hydrogen-bond donors (Lipinski definition) is 1. The first-order chi connectivity index (χ1) is 12.4. The van der Waals surface area contributed by atoms with Crippen LogP contribution in [-0.4, -0.2) is 46.0 Å². The van der Waals surface area contributed by atoms with Crippen molar-refractivity contribution >= 4 is 63.9 Å². The van der Waals surface area contributed by atoms with Gasteiger partial charge in [-0.05, 0) is 42.3 Å². The Kier molecular flexibility index (Phi) is 7.12. The van der Waals surface area contributed by atoms with E-state index in [1.165, 1.54) is 6.92 Å². The summed E-state index contributed by atoms with van der Waals surface area (Å²) in [6.07, 6.45) is 0.0726. The molecule has 0 aliphatic rings. The van der Waals surface area contributed by atoms with Crippen LogP contribution in [-0.2, 0) is 22.6 Å². The number of nitrogens with two attached hydrogens (primary N) is 1. The van der Waals surface area contributed by atoms with Gasteiger partial charge in [0.05, 0.1) is 11.9 Å². The van der Waals surface area contributed by atoms with Crippen LogP contribution >= 0.6 is 11.6 Å². The van der Waals surface area contributed by atoms with Crippen molar-refractivity contribution in [3.05, 3.63) is 64.3 Å². The summed E-state index contributed by atoms with van der Waals surface area (Å²) in [6.45, 7) is 3.86. The summed E-state index contributed by atoms with van der Waals surface area (Å²) in [5, 5.41) is 1.40. The second-order valence-corrected chi connectivity index (χ2v) is 6.60. The molecule has 1 amide bonds. The second-order valence-electron chi connectivity index (χ2n) is 6.17. The van der Waals surface area contributed by atoms with Crippen LogP contribution in [0.4, 0.5) is 0 Å². The standard InChI is InChI=1S/C20H19ClN2O3.Na.H/c1-12-16(10-19(22)25)20-17(7-4-8-18(20)26-13(2)24)23(12)11-14-5-3-6-15(21)9-14;;/h3-9H,10-11H2,1-2H3,(H2,22,25);;. The van der Waals surface area contributed by atoms with Gasteiger partial charge in [0.2, 0.25) is 5.91 Å². The molecule has 3 rings (SSSR count). The maximum absolute atomic E-state index is 11.6. The Morgan fingerprint density at radius 1 is 1.19 bits per heavy atom. The number of halogens is 1. The van der Waals surface area contributed by atoms with E-state index in [9.17, 15) is 9.59 Å². The summed E-state index contributed by atoms with van der Waals surface area (Å²) in [4.78, 5) is 23.1. The number of amides is 1. The molecular weight excluding hydrogens is 375 g/mol. The summed E-state index contributed by atoms with van der Waals surface area (Å²) >= 11 is 6.10.